The molecule has 1 aromatic rings. The summed E-state index contributed by atoms with van der Waals surface area (Å²) in [5.74, 6) is 0.138. The van der Waals surface area contributed by atoms with Gasteiger partial charge in [-0.2, -0.15) is 0 Å². The largest absolute Gasteiger partial charge is 0.493 e. The number of hydrogen-bond acceptors (Lipinski definition) is 5. The molecule has 1 heterocycles. The average molecular weight is 362 g/mol. The Morgan fingerprint density at radius 2 is 1.92 bits per heavy atom. The summed E-state index contributed by atoms with van der Waals surface area (Å²) in [5.41, 5.74) is 1.53. The molecule has 2 rings (SSSR count). The number of amides is 2. The predicted octanol–water partition coefficient (Wildman–Crippen LogP) is 2.68. The highest BCUT2D eigenvalue weighted by molar-refractivity contribution is 5.95. The van der Waals surface area contributed by atoms with Crippen LogP contribution in [0.1, 0.15) is 38.8 Å². The molecule has 142 valence electrons. The van der Waals surface area contributed by atoms with E-state index >= 15 is 0 Å². The average Bonchev–Trinajstić information content (AvgIpc) is 2.63. The Morgan fingerprint density at radius 1 is 1.15 bits per heavy atom. The molecule has 0 saturated carbocycles. The highest BCUT2D eigenvalue weighted by Crippen LogP contribution is 2.33. The Bertz CT molecular complexity index is 672. The van der Waals surface area contributed by atoms with E-state index in [9.17, 15) is 9.59 Å². The molecular formula is C19H26N2O5. The monoisotopic (exact) mass is 362 g/mol. The molecule has 2 amide bonds. The van der Waals surface area contributed by atoms with Crippen LogP contribution < -0.4 is 15.4 Å². The number of ether oxygens (including phenoxy) is 3. The molecule has 0 aromatic heterocycles. The summed E-state index contributed by atoms with van der Waals surface area (Å²) in [6.45, 7) is 7.15. The van der Waals surface area contributed by atoms with Gasteiger partial charge in [0.1, 0.15) is 12.4 Å². The number of para-hydroxylation sites is 1. The first kappa shape index (κ1) is 19.8. The van der Waals surface area contributed by atoms with E-state index in [0.29, 0.717) is 42.4 Å². The molecule has 0 unspecified atom stereocenters. The second-order valence-electron chi connectivity index (χ2n) is 5.79. The lowest BCUT2D eigenvalue weighted by Crippen LogP contribution is -2.45. The van der Waals surface area contributed by atoms with E-state index in [4.69, 9.17) is 14.2 Å². The molecule has 0 fully saturated rings. The number of rotatable bonds is 9. The molecule has 7 heteroatoms. The fraction of sp³-hybridized carbons (Fsp3) is 0.474. The number of nitrogens with one attached hydrogen (secondary N) is 2. The minimum absolute atomic E-state index is 0.151. The van der Waals surface area contributed by atoms with Gasteiger partial charge in [0.05, 0.1) is 24.8 Å². The van der Waals surface area contributed by atoms with Crippen molar-refractivity contribution >= 4 is 12.0 Å². The first-order valence-corrected chi connectivity index (χ1v) is 8.83. The molecule has 1 atom stereocenters. The Hall–Kier alpha value is -2.54. The topological polar surface area (TPSA) is 85.9 Å². The third-order valence-electron chi connectivity index (χ3n) is 3.85. The van der Waals surface area contributed by atoms with Gasteiger partial charge in [-0.15, -0.1) is 0 Å². The van der Waals surface area contributed by atoms with E-state index in [2.05, 4.69) is 10.6 Å². The molecule has 0 saturated heterocycles. The number of carbonyl (C=O) groups is 2. The predicted molar refractivity (Wildman–Crippen MR) is 96.8 cm³/mol. The lowest BCUT2D eigenvalue weighted by Gasteiger charge is -2.29. The summed E-state index contributed by atoms with van der Waals surface area (Å²) in [4.78, 5) is 24.6. The van der Waals surface area contributed by atoms with Crippen molar-refractivity contribution in [3.63, 3.8) is 0 Å². The number of esters is 1. The Morgan fingerprint density at radius 3 is 2.65 bits per heavy atom. The van der Waals surface area contributed by atoms with Crippen LogP contribution >= 0.6 is 0 Å². The van der Waals surface area contributed by atoms with E-state index in [1.807, 2.05) is 38.1 Å². The van der Waals surface area contributed by atoms with E-state index in [-0.39, 0.29) is 12.6 Å². The smallest absolute Gasteiger partial charge is 0.338 e. The van der Waals surface area contributed by atoms with Crippen molar-refractivity contribution in [1.29, 1.82) is 0 Å². The molecule has 26 heavy (non-hydrogen) atoms. The third-order valence-corrected chi connectivity index (χ3v) is 3.85. The minimum Gasteiger partial charge on any atom is -0.493 e. The first-order valence-electron chi connectivity index (χ1n) is 8.83. The van der Waals surface area contributed by atoms with Crippen LogP contribution in [-0.4, -0.2) is 38.4 Å². The summed E-state index contributed by atoms with van der Waals surface area (Å²) >= 11 is 0. The zero-order chi connectivity index (χ0) is 18.9. The van der Waals surface area contributed by atoms with Gasteiger partial charge < -0.3 is 24.8 Å². The van der Waals surface area contributed by atoms with Crippen LogP contribution in [0.15, 0.2) is 35.5 Å². The summed E-state index contributed by atoms with van der Waals surface area (Å²) in [7, 11) is 0. The van der Waals surface area contributed by atoms with Crippen LogP contribution in [-0.2, 0) is 14.3 Å². The summed E-state index contributed by atoms with van der Waals surface area (Å²) in [5, 5.41) is 5.42. The highest BCUT2D eigenvalue weighted by Gasteiger charge is 2.33. The lowest BCUT2D eigenvalue weighted by atomic mass is 9.95. The van der Waals surface area contributed by atoms with E-state index in [0.717, 1.165) is 6.42 Å². The van der Waals surface area contributed by atoms with Gasteiger partial charge in [0.15, 0.2) is 0 Å². The van der Waals surface area contributed by atoms with Gasteiger partial charge in [0.2, 0.25) is 0 Å². The first-order chi connectivity index (χ1) is 12.6. The fourth-order valence-corrected chi connectivity index (χ4v) is 2.68. The molecule has 1 aliphatic rings. The Kier molecular flexibility index (Phi) is 7.47. The van der Waals surface area contributed by atoms with Crippen molar-refractivity contribution in [2.24, 2.45) is 0 Å². The van der Waals surface area contributed by atoms with Crippen LogP contribution in [0.5, 0.6) is 5.75 Å². The maximum Gasteiger partial charge on any atom is 0.338 e. The SMILES string of the molecule is CCCOc1ccccc1[C@H]1NC(=O)NC(C)=C1C(=O)OCCOCC. The van der Waals surface area contributed by atoms with E-state index in [1.165, 1.54) is 0 Å². The minimum atomic E-state index is -0.642. The summed E-state index contributed by atoms with van der Waals surface area (Å²) in [6.07, 6.45) is 0.855. The van der Waals surface area contributed by atoms with Crippen LogP contribution in [0.25, 0.3) is 0 Å². The van der Waals surface area contributed by atoms with Crippen LogP contribution in [0.4, 0.5) is 4.79 Å². The third kappa shape index (κ3) is 4.98. The lowest BCUT2D eigenvalue weighted by molar-refractivity contribution is -0.141. The van der Waals surface area contributed by atoms with Crippen molar-refractivity contribution in [2.75, 3.05) is 26.4 Å². The van der Waals surface area contributed by atoms with Gasteiger partial charge >= 0.3 is 12.0 Å². The van der Waals surface area contributed by atoms with Crippen molar-refractivity contribution in [3.05, 3.63) is 41.1 Å². The van der Waals surface area contributed by atoms with Crippen molar-refractivity contribution in [3.8, 4) is 5.75 Å². The second-order valence-corrected chi connectivity index (χ2v) is 5.79. The number of benzene rings is 1. The maximum absolute atomic E-state index is 12.6. The number of allylic oxidation sites excluding steroid dienone is 1. The fourth-order valence-electron chi connectivity index (χ4n) is 2.68. The summed E-state index contributed by atoms with van der Waals surface area (Å²) < 4.78 is 16.3. The van der Waals surface area contributed by atoms with E-state index < -0.39 is 12.0 Å². The number of hydrogen-bond donors (Lipinski definition) is 2. The molecule has 1 aliphatic heterocycles. The number of carbonyl (C=O) groups excluding carboxylic acids is 2. The van der Waals surface area contributed by atoms with Crippen LogP contribution in [0.3, 0.4) is 0 Å². The second kappa shape index (κ2) is 9.82. The van der Waals surface area contributed by atoms with Gasteiger partial charge in [0.25, 0.3) is 0 Å². The van der Waals surface area contributed by atoms with Gasteiger partial charge in [0, 0.05) is 17.9 Å². The van der Waals surface area contributed by atoms with Crippen molar-refractivity contribution < 1.29 is 23.8 Å². The van der Waals surface area contributed by atoms with Gasteiger partial charge in [-0.3, -0.25) is 0 Å². The Labute approximate surface area is 153 Å². The molecule has 0 aliphatic carbocycles. The maximum atomic E-state index is 12.6. The molecular weight excluding hydrogens is 336 g/mol. The van der Waals surface area contributed by atoms with Gasteiger partial charge in [-0.05, 0) is 26.3 Å². The Balaban J connectivity index is 2.28. The molecule has 0 radical (unpaired) electrons. The standard InChI is InChI=1S/C19H26N2O5/c1-4-10-25-15-9-7-6-8-14(15)17-16(13(3)20-19(23)21-17)18(22)26-12-11-24-5-2/h6-9,17H,4-5,10-12H2,1-3H3,(H2,20,21,23)/t17-/m1/s1. The molecule has 0 spiro atoms. The zero-order valence-corrected chi connectivity index (χ0v) is 15.5. The molecule has 7 nitrogen and oxygen atoms in total. The van der Waals surface area contributed by atoms with Crippen LogP contribution in [0.2, 0.25) is 0 Å². The summed E-state index contributed by atoms with van der Waals surface area (Å²) in [6, 6.07) is 6.35. The van der Waals surface area contributed by atoms with Gasteiger partial charge in [-0.1, -0.05) is 25.1 Å². The quantitative estimate of drug-likeness (QED) is 0.521. The normalized spacial score (nSPS) is 16.7. The van der Waals surface area contributed by atoms with Crippen molar-refractivity contribution in [2.45, 2.75) is 33.2 Å². The van der Waals surface area contributed by atoms with E-state index in [1.54, 1.807) is 6.92 Å². The number of urea groups is 1. The molecule has 2 N–H and O–H groups in total. The van der Waals surface area contributed by atoms with Crippen LogP contribution in [0, 0.1) is 0 Å². The molecule has 0 bridgehead atoms. The molecule has 1 aromatic carbocycles. The van der Waals surface area contributed by atoms with Crippen molar-refractivity contribution in [1.82, 2.24) is 10.6 Å². The highest BCUT2D eigenvalue weighted by atomic mass is 16.6. The van der Waals surface area contributed by atoms with Gasteiger partial charge in [-0.25, -0.2) is 9.59 Å². The zero-order valence-electron chi connectivity index (χ0n) is 15.5.